The van der Waals surface area contributed by atoms with Gasteiger partial charge in [-0.3, -0.25) is 0 Å². The van der Waals surface area contributed by atoms with E-state index in [0.29, 0.717) is 0 Å². The van der Waals surface area contributed by atoms with Crippen LogP contribution in [-0.2, 0) is 0 Å². The molecular weight excluding hydrogens is 196 g/mol. The van der Waals surface area contributed by atoms with Gasteiger partial charge in [-0.2, -0.15) is 0 Å². The molecule has 0 saturated heterocycles. The molecule has 0 nitrogen and oxygen atoms in total. The average Bonchev–Trinajstić information content (AvgIpc) is 2.24. The Kier molecular flexibility index (Phi) is 3.02. The van der Waals surface area contributed by atoms with Crippen LogP contribution in [0.1, 0.15) is 11.1 Å². The average molecular weight is 212 g/mol. The van der Waals surface area contributed by atoms with Crippen molar-refractivity contribution >= 4 is 19.9 Å². The van der Waals surface area contributed by atoms with Crippen LogP contribution in [0.15, 0.2) is 48.5 Å². The van der Waals surface area contributed by atoms with E-state index in [2.05, 4.69) is 62.4 Å². The van der Waals surface area contributed by atoms with Crippen LogP contribution in [0.25, 0.3) is 0 Å². The summed E-state index contributed by atoms with van der Waals surface area (Å²) in [5.41, 5.74) is 2.81. The largest absolute Gasteiger partial charge is 0.0878 e. The van der Waals surface area contributed by atoms with Gasteiger partial charge in [0.1, 0.15) is 0 Å². The minimum Gasteiger partial charge on any atom is -0.0633 e. The molecular formula is C14H16Si. The van der Waals surface area contributed by atoms with E-state index in [9.17, 15) is 0 Å². The van der Waals surface area contributed by atoms with Crippen molar-refractivity contribution in [2.24, 2.45) is 0 Å². The van der Waals surface area contributed by atoms with Gasteiger partial charge in [-0.25, -0.2) is 0 Å². The lowest BCUT2D eigenvalue weighted by Crippen LogP contribution is -2.28. The minimum atomic E-state index is -0.279. The molecule has 2 aromatic carbocycles. The van der Waals surface area contributed by atoms with Crippen molar-refractivity contribution in [1.29, 1.82) is 0 Å². The van der Waals surface area contributed by atoms with Gasteiger partial charge in [0.2, 0.25) is 0 Å². The lowest BCUT2D eigenvalue weighted by molar-refractivity contribution is 1.41. The molecule has 0 bridgehead atoms. The van der Waals surface area contributed by atoms with Gasteiger partial charge >= 0.3 is 0 Å². The second kappa shape index (κ2) is 4.45. The van der Waals surface area contributed by atoms with Gasteiger partial charge in [-0.15, -0.1) is 0 Å². The molecule has 0 aliphatic rings. The maximum absolute atomic E-state index is 2.30. The summed E-state index contributed by atoms with van der Waals surface area (Å²) in [4.78, 5) is 0. The van der Waals surface area contributed by atoms with Crippen molar-refractivity contribution in [2.45, 2.75) is 13.8 Å². The van der Waals surface area contributed by atoms with E-state index in [1.807, 2.05) is 0 Å². The van der Waals surface area contributed by atoms with Crippen LogP contribution >= 0.6 is 0 Å². The fourth-order valence-electron chi connectivity index (χ4n) is 1.86. The number of benzene rings is 2. The molecule has 1 heteroatoms. The number of hydrogen-bond donors (Lipinski definition) is 0. The SMILES string of the molecule is Cc1ccc([SiH2]c2ccccc2)c(C)c1. The Labute approximate surface area is 93.8 Å². The number of aryl methyl sites for hydroxylation is 2. The second-order valence-corrected chi connectivity index (χ2v) is 6.02. The van der Waals surface area contributed by atoms with Crippen LogP contribution in [0.5, 0.6) is 0 Å². The topological polar surface area (TPSA) is 0 Å². The highest BCUT2D eigenvalue weighted by molar-refractivity contribution is 6.67. The summed E-state index contributed by atoms with van der Waals surface area (Å²) in [5, 5.41) is 3.08. The molecule has 0 radical (unpaired) electrons. The second-order valence-electron chi connectivity index (χ2n) is 4.09. The van der Waals surface area contributed by atoms with Crippen LogP contribution in [-0.4, -0.2) is 9.52 Å². The number of rotatable bonds is 2. The Balaban J connectivity index is 2.25. The molecule has 2 aromatic rings. The van der Waals surface area contributed by atoms with Crippen molar-refractivity contribution in [3.05, 3.63) is 59.7 Å². The Morgan fingerprint density at radius 3 is 2.27 bits per heavy atom. The van der Waals surface area contributed by atoms with Gasteiger partial charge in [0.25, 0.3) is 0 Å². The number of hydrogen-bond acceptors (Lipinski definition) is 0. The molecule has 0 aromatic heterocycles. The summed E-state index contributed by atoms with van der Waals surface area (Å²) >= 11 is 0. The summed E-state index contributed by atoms with van der Waals surface area (Å²) in [6.07, 6.45) is 0. The highest BCUT2D eigenvalue weighted by Gasteiger charge is 2.00. The molecule has 0 aliphatic heterocycles. The first-order valence-corrected chi connectivity index (χ1v) is 6.77. The zero-order chi connectivity index (χ0) is 10.7. The molecule has 0 N–H and O–H groups in total. The van der Waals surface area contributed by atoms with Crippen molar-refractivity contribution in [3.63, 3.8) is 0 Å². The van der Waals surface area contributed by atoms with Crippen LogP contribution in [0.3, 0.4) is 0 Å². The van der Waals surface area contributed by atoms with Crippen molar-refractivity contribution in [3.8, 4) is 0 Å². The van der Waals surface area contributed by atoms with Gasteiger partial charge in [-0.05, 0) is 13.8 Å². The van der Waals surface area contributed by atoms with E-state index in [1.165, 1.54) is 16.3 Å². The lowest BCUT2D eigenvalue weighted by Gasteiger charge is -2.06. The first kappa shape index (κ1) is 10.2. The van der Waals surface area contributed by atoms with Gasteiger partial charge in [0.05, 0.1) is 9.52 Å². The highest BCUT2D eigenvalue weighted by Crippen LogP contribution is 1.99. The van der Waals surface area contributed by atoms with Gasteiger partial charge in [0, 0.05) is 0 Å². The molecule has 0 saturated carbocycles. The maximum atomic E-state index is 2.30. The van der Waals surface area contributed by atoms with Crippen molar-refractivity contribution in [2.75, 3.05) is 0 Å². The minimum absolute atomic E-state index is 0.279. The smallest absolute Gasteiger partial charge is 0.0633 e. The summed E-state index contributed by atoms with van der Waals surface area (Å²) in [5.74, 6) is 0. The van der Waals surface area contributed by atoms with Gasteiger partial charge in [-0.1, -0.05) is 70.0 Å². The van der Waals surface area contributed by atoms with Crippen molar-refractivity contribution in [1.82, 2.24) is 0 Å². The van der Waals surface area contributed by atoms with Crippen LogP contribution in [0.2, 0.25) is 0 Å². The fraction of sp³-hybridized carbons (Fsp3) is 0.143. The predicted octanol–water partition coefficient (Wildman–Crippen LogP) is 1.42. The zero-order valence-corrected chi connectivity index (χ0v) is 10.7. The molecule has 15 heavy (non-hydrogen) atoms. The molecule has 0 unspecified atom stereocenters. The Hall–Kier alpha value is -1.34. The molecule has 0 atom stereocenters. The van der Waals surface area contributed by atoms with E-state index in [4.69, 9.17) is 0 Å². The third-order valence-corrected chi connectivity index (χ3v) is 4.79. The van der Waals surface area contributed by atoms with Crippen molar-refractivity contribution < 1.29 is 0 Å². The first-order valence-electron chi connectivity index (χ1n) is 5.36. The van der Waals surface area contributed by atoms with Crippen LogP contribution in [0, 0.1) is 13.8 Å². The summed E-state index contributed by atoms with van der Waals surface area (Å²) in [7, 11) is -0.279. The van der Waals surface area contributed by atoms with E-state index < -0.39 is 0 Å². The van der Waals surface area contributed by atoms with E-state index >= 15 is 0 Å². The molecule has 2 rings (SSSR count). The zero-order valence-electron chi connectivity index (χ0n) is 9.33. The van der Waals surface area contributed by atoms with E-state index in [1.54, 1.807) is 5.19 Å². The summed E-state index contributed by atoms with van der Waals surface area (Å²) < 4.78 is 0. The van der Waals surface area contributed by atoms with E-state index in [-0.39, 0.29) is 9.52 Å². The lowest BCUT2D eigenvalue weighted by atomic mass is 10.2. The van der Waals surface area contributed by atoms with Crippen LogP contribution < -0.4 is 10.4 Å². The molecule has 0 amide bonds. The van der Waals surface area contributed by atoms with Gasteiger partial charge < -0.3 is 0 Å². The quantitative estimate of drug-likeness (QED) is 0.661. The normalized spacial score (nSPS) is 11.1. The molecule has 0 spiro atoms. The summed E-state index contributed by atoms with van der Waals surface area (Å²) in [6.45, 7) is 4.37. The Morgan fingerprint density at radius 2 is 1.60 bits per heavy atom. The standard InChI is InChI=1S/C14H16Si/c1-11-8-9-14(12(2)10-11)15-13-6-4-3-5-7-13/h3-10H,15H2,1-2H3. The summed E-state index contributed by atoms with van der Waals surface area (Å²) in [6, 6.07) is 17.6. The van der Waals surface area contributed by atoms with E-state index in [0.717, 1.165) is 0 Å². The molecule has 0 heterocycles. The third-order valence-electron chi connectivity index (χ3n) is 2.74. The van der Waals surface area contributed by atoms with Crippen LogP contribution in [0.4, 0.5) is 0 Å². The molecule has 0 fully saturated rings. The molecule has 76 valence electrons. The van der Waals surface area contributed by atoms with Gasteiger partial charge in [0.15, 0.2) is 0 Å². The maximum Gasteiger partial charge on any atom is 0.0878 e. The third kappa shape index (κ3) is 2.57. The molecule has 0 aliphatic carbocycles. The first-order chi connectivity index (χ1) is 7.25. The fourth-order valence-corrected chi connectivity index (χ4v) is 3.42. The monoisotopic (exact) mass is 212 g/mol. The Morgan fingerprint density at radius 1 is 0.867 bits per heavy atom. The Bertz CT molecular complexity index is 446. The predicted molar refractivity (Wildman–Crippen MR) is 70.2 cm³/mol. The highest BCUT2D eigenvalue weighted by atomic mass is 28.2.